The Balaban J connectivity index is 1.66. The Hall–Kier alpha value is -4.20. The zero-order chi connectivity index (χ0) is 22.4. The van der Waals surface area contributed by atoms with Gasteiger partial charge in [-0.15, -0.1) is 0 Å². The molecule has 2 aliphatic rings. The van der Waals surface area contributed by atoms with E-state index >= 15 is 0 Å². The summed E-state index contributed by atoms with van der Waals surface area (Å²) in [5.41, 5.74) is 1.57. The van der Waals surface area contributed by atoms with Gasteiger partial charge in [0.25, 0.3) is 0 Å². The number of carbonyl (C=O) groups is 2. The Morgan fingerprint density at radius 3 is 2.47 bits per heavy atom. The maximum atomic E-state index is 12.9. The minimum absolute atomic E-state index is 0.00925. The van der Waals surface area contributed by atoms with Crippen LogP contribution in [0.15, 0.2) is 52.8 Å². The van der Waals surface area contributed by atoms with E-state index in [2.05, 4.69) is 0 Å². The zero-order valence-corrected chi connectivity index (χ0v) is 17.2. The molecule has 0 unspecified atom stereocenters. The van der Waals surface area contributed by atoms with E-state index < -0.39 is 11.9 Å². The van der Waals surface area contributed by atoms with Crippen molar-refractivity contribution in [1.82, 2.24) is 0 Å². The summed E-state index contributed by atoms with van der Waals surface area (Å²) in [5.74, 6) is 0.235. The molecule has 0 bridgehead atoms. The lowest BCUT2D eigenvalue weighted by Crippen LogP contribution is -2.21. The second-order valence-electron chi connectivity index (χ2n) is 7.31. The predicted molar refractivity (Wildman–Crippen MR) is 111 cm³/mol. The number of phenolic OH excluding ortho intramolecular Hbond substituents is 1. The standard InChI is InChI=1S/C24H18O8/c1-28-17-8-12(9-18(29-2)23(17)27)15-11-20(25)31-16-6-5-14-22(26)19(32-24(14)21(15)16)10-13-4-3-7-30-13/h3-10,15,27H,11H2,1-2H3/b19-10-/t15-/m1/s1. The van der Waals surface area contributed by atoms with E-state index in [1.807, 2.05) is 0 Å². The van der Waals surface area contributed by atoms with E-state index in [1.165, 1.54) is 26.6 Å². The van der Waals surface area contributed by atoms with Crippen LogP contribution in [-0.4, -0.2) is 31.1 Å². The lowest BCUT2D eigenvalue weighted by atomic mass is 9.84. The highest BCUT2D eigenvalue weighted by Crippen LogP contribution is 2.51. The molecule has 0 radical (unpaired) electrons. The van der Waals surface area contributed by atoms with Crippen molar-refractivity contribution in [3.8, 4) is 28.7 Å². The van der Waals surface area contributed by atoms with Crippen LogP contribution in [0, 0.1) is 0 Å². The van der Waals surface area contributed by atoms with Crippen LogP contribution in [0.4, 0.5) is 0 Å². The summed E-state index contributed by atoms with van der Waals surface area (Å²) >= 11 is 0. The van der Waals surface area contributed by atoms with E-state index in [-0.39, 0.29) is 35.2 Å². The first-order valence-electron chi connectivity index (χ1n) is 9.80. The summed E-state index contributed by atoms with van der Waals surface area (Å²) in [4.78, 5) is 25.3. The van der Waals surface area contributed by atoms with Crippen LogP contribution in [0.25, 0.3) is 6.08 Å². The van der Waals surface area contributed by atoms with Gasteiger partial charge in [0.1, 0.15) is 17.3 Å². The van der Waals surface area contributed by atoms with Crippen molar-refractivity contribution in [2.24, 2.45) is 0 Å². The SMILES string of the molecule is COc1cc([C@H]2CC(=O)Oc3ccc4c(c32)O/C(=C\c2ccco2)C4=O)cc(OC)c1O. The van der Waals surface area contributed by atoms with Crippen LogP contribution in [0.1, 0.15) is 39.6 Å². The van der Waals surface area contributed by atoms with Crippen molar-refractivity contribution < 1.29 is 38.1 Å². The van der Waals surface area contributed by atoms with Crippen LogP contribution < -0.4 is 18.9 Å². The van der Waals surface area contributed by atoms with Crippen LogP contribution in [0.3, 0.4) is 0 Å². The number of rotatable bonds is 4. The fourth-order valence-corrected chi connectivity index (χ4v) is 4.01. The second kappa shape index (κ2) is 7.49. The Kier molecular flexibility index (Phi) is 4.62. The quantitative estimate of drug-likeness (QED) is 0.372. The van der Waals surface area contributed by atoms with E-state index in [0.717, 1.165) is 0 Å². The first-order valence-corrected chi connectivity index (χ1v) is 9.80. The van der Waals surface area contributed by atoms with E-state index in [9.17, 15) is 14.7 Å². The molecule has 0 fully saturated rings. The first-order chi connectivity index (χ1) is 15.5. The lowest BCUT2D eigenvalue weighted by molar-refractivity contribution is -0.135. The minimum atomic E-state index is -0.514. The molecule has 2 aliphatic heterocycles. The Morgan fingerprint density at radius 1 is 1.06 bits per heavy atom. The zero-order valence-electron chi connectivity index (χ0n) is 17.2. The summed E-state index contributed by atoms with van der Waals surface area (Å²) in [7, 11) is 2.85. The number of methoxy groups -OCH3 is 2. The number of aromatic hydroxyl groups is 1. The second-order valence-corrected chi connectivity index (χ2v) is 7.31. The molecule has 32 heavy (non-hydrogen) atoms. The number of carbonyl (C=O) groups excluding carboxylic acids is 2. The summed E-state index contributed by atoms with van der Waals surface area (Å²) in [6, 6.07) is 9.84. The van der Waals surface area contributed by atoms with Crippen molar-refractivity contribution in [2.45, 2.75) is 12.3 Å². The fraction of sp³-hybridized carbons (Fsp3) is 0.167. The monoisotopic (exact) mass is 434 g/mol. The van der Waals surface area contributed by atoms with E-state index in [0.29, 0.717) is 33.9 Å². The van der Waals surface area contributed by atoms with Gasteiger partial charge in [-0.05, 0) is 42.0 Å². The maximum absolute atomic E-state index is 12.9. The summed E-state index contributed by atoms with van der Waals surface area (Å²) in [6.07, 6.45) is 3.03. The molecular weight excluding hydrogens is 416 g/mol. The molecule has 1 N–H and O–H groups in total. The van der Waals surface area contributed by atoms with Gasteiger partial charge in [0, 0.05) is 17.6 Å². The molecule has 8 heteroatoms. The van der Waals surface area contributed by atoms with Gasteiger partial charge < -0.3 is 28.5 Å². The Bertz CT molecular complexity index is 1240. The average Bonchev–Trinajstić information content (AvgIpc) is 3.41. The molecule has 5 rings (SSSR count). The molecule has 8 nitrogen and oxygen atoms in total. The van der Waals surface area contributed by atoms with Gasteiger partial charge in [-0.3, -0.25) is 9.59 Å². The van der Waals surface area contributed by atoms with Gasteiger partial charge in [0.2, 0.25) is 11.5 Å². The van der Waals surface area contributed by atoms with Crippen molar-refractivity contribution in [2.75, 3.05) is 14.2 Å². The van der Waals surface area contributed by atoms with Crippen molar-refractivity contribution >= 4 is 17.8 Å². The summed E-state index contributed by atoms with van der Waals surface area (Å²) in [6.45, 7) is 0. The lowest BCUT2D eigenvalue weighted by Gasteiger charge is -2.27. The number of hydrogen-bond acceptors (Lipinski definition) is 8. The molecule has 3 aromatic rings. The van der Waals surface area contributed by atoms with Crippen LogP contribution in [0.2, 0.25) is 0 Å². The van der Waals surface area contributed by atoms with Crippen LogP contribution in [-0.2, 0) is 4.79 Å². The molecule has 162 valence electrons. The number of allylic oxidation sites excluding steroid dienone is 1. The fourth-order valence-electron chi connectivity index (χ4n) is 4.01. The molecule has 0 spiro atoms. The van der Waals surface area contributed by atoms with Gasteiger partial charge in [-0.25, -0.2) is 0 Å². The van der Waals surface area contributed by atoms with Gasteiger partial charge >= 0.3 is 5.97 Å². The average molecular weight is 434 g/mol. The molecule has 0 saturated heterocycles. The number of ketones is 1. The smallest absolute Gasteiger partial charge is 0.312 e. The molecule has 3 heterocycles. The third kappa shape index (κ3) is 3.08. The molecular formula is C24H18O8. The van der Waals surface area contributed by atoms with E-state index in [1.54, 1.807) is 36.4 Å². The van der Waals surface area contributed by atoms with Crippen LogP contribution in [0.5, 0.6) is 28.7 Å². The van der Waals surface area contributed by atoms with Crippen molar-refractivity contribution in [3.05, 3.63) is 70.9 Å². The molecule has 1 atom stereocenters. The molecule has 1 aromatic heterocycles. The normalized spacial score (nSPS) is 18.1. The van der Waals surface area contributed by atoms with E-state index in [4.69, 9.17) is 23.4 Å². The molecule has 0 aliphatic carbocycles. The summed E-state index contributed by atoms with van der Waals surface area (Å²) < 4.78 is 27.2. The highest BCUT2D eigenvalue weighted by atomic mass is 16.5. The number of esters is 1. The molecule has 2 aromatic carbocycles. The predicted octanol–water partition coefficient (Wildman–Crippen LogP) is 4.06. The number of ether oxygens (including phenoxy) is 4. The number of hydrogen-bond donors (Lipinski definition) is 1. The topological polar surface area (TPSA) is 104 Å². The number of fused-ring (bicyclic) bond motifs is 3. The number of benzene rings is 2. The summed E-state index contributed by atoms with van der Waals surface area (Å²) in [5, 5.41) is 10.3. The number of phenols is 1. The third-order valence-electron chi connectivity index (χ3n) is 5.50. The van der Waals surface area contributed by atoms with Gasteiger partial charge in [0.05, 0.1) is 32.5 Å². The number of Topliss-reactive ketones (excluding diaryl/α,β-unsaturated/α-hetero) is 1. The van der Waals surface area contributed by atoms with Gasteiger partial charge in [-0.1, -0.05) is 0 Å². The Labute approximate surface area is 182 Å². The van der Waals surface area contributed by atoms with Crippen molar-refractivity contribution in [1.29, 1.82) is 0 Å². The maximum Gasteiger partial charge on any atom is 0.312 e. The first kappa shape index (κ1) is 19.7. The highest BCUT2D eigenvalue weighted by molar-refractivity contribution is 6.15. The number of furan rings is 1. The molecule has 0 amide bonds. The van der Waals surface area contributed by atoms with Gasteiger partial charge in [-0.2, -0.15) is 0 Å². The minimum Gasteiger partial charge on any atom is -0.502 e. The Morgan fingerprint density at radius 2 is 1.81 bits per heavy atom. The largest absolute Gasteiger partial charge is 0.502 e. The molecule has 0 saturated carbocycles. The van der Waals surface area contributed by atoms with Crippen molar-refractivity contribution in [3.63, 3.8) is 0 Å². The van der Waals surface area contributed by atoms with Crippen LogP contribution >= 0.6 is 0 Å². The third-order valence-corrected chi connectivity index (χ3v) is 5.50. The van der Waals surface area contributed by atoms with Gasteiger partial charge in [0.15, 0.2) is 17.3 Å². The highest BCUT2D eigenvalue weighted by Gasteiger charge is 2.39.